The zero-order chi connectivity index (χ0) is 30.7. The fourth-order valence-electron chi connectivity index (χ4n) is 6.17. The lowest BCUT2D eigenvalue weighted by molar-refractivity contribution is -0.133. The highest BCUT2D eigenvalue weighted by atomic mass is 31.2. The molecule has 0 saturated heterocycles. The van der Waals surface area contributed by atoms with E-state index in [2.05, 4.69) is 16.0 Å². The minimum atomic E-state index is -4.40. The van der Waals surface area contributed by atoms with Crippen molar-refractivity contribution in [3.63, 3.8) is 0 Å². The largest absolute Gasteiger partial charge is 0.379 e. The highest BCUT2D eigenvalue weighted by Gasteiger charge is 2.40. The van der Waals surface area contributed by atoms with Gasteiger partial charge in [-0.25, -0.2) is 0 Å². The molecule has 0 spiro atoms. The maximum absolute atomic E-state index is 13.7. The quantitative estimate of drug-likeness (QED) is 0.189. The van der Waals surface area contributed by atoms with Gasteiger partial charge in [0.05, 0.1) is 6.04 Å². The van der Waals surface area contributed by atoms with Crippen LogP contribution < -0.4 is 16.0 Å². The van der Waals surface area contributed by atoms with Crippen molar-refractivity contribution in [2.75, 3.05) is 7.11 Å². The molecule has 0 aliphatic heterocycles. The summed E-state index contributed by atoms with van der Waals surface area (Å²) < 4.78 is 17.3. The van der Waals surface area contributed by atoms with Crippen LogP contribution in [0.15, 0.2) is 30.3 Å². The number of rotatable bonds is 15. The van der Waals surface area contributed by atoms with Crippen molar-refractivity contribution in [3.05, 3.63) is 35.9 Å². The summed E-state index contributed by atoms with van der Waals surface area (Å²) in [6.07, 6.45) is 9.48. The van der Waals surface area contributed by atoms with Crippen molar-refractivity contribution in [1.82, 2.24) is 16.0 Å². The number of benzene rings is 1. The number of carbonyl (C=O) groups is 3. The molecule has 1 aromatic carbocycles. The Morgan fingerprint density at radius 3 is 2.10 bits per heavy atom. The van der Waals surface area contributed by atoms with Crippen molar-refractivity contribution in [2.24, 2.45) is 17.8 Å². The average Bonchev–Trinajstić information content (AvgIpc) is 3.52. The molecule has 2 unspecified atom stereocenters. The van der Waals surface area contributed by atoms with Crippen LogP contribution in [0.4, 0.5) is 0 Å². The lowest BCUT2D eigenvalue weighted by Crippen LogP contribution is -2.57. The van der Waals surface area contributed by atoms with Gasteiger partial charge in [-0.15, -0.1) is 0 Å². The van der Waals surface area contributed by atoms with Crippen LogP contribution in [0.1, 0.15) is 90.0 Å². The van der Waals surface area contributed by atoms with Crippen LogP contribution in [0.25, 0.3) is 0 Å². The van der Waals surface area contributed by atoms with Crippen LogP contribution in [-0.4, -0.2) is 58.8 Å². The standard InChI is InChI=1S/C31H50N3O7P/c1-21(2)18-25(29(36)34-27(31(38)42(39,40)41-3)20-23-14-8-5-9-15-23)33-30(37)26(19-22-12-6-4-7-13-22)32-28(35)24-16-10-11-17-24/h4,6-7,12-13,21,23-27,31,38H,5,8-11,14-20H2,1-3H3,(H,32,35)(H,33,37)(H,34,36)(H,39,40)/t25-,26-,27-,31?/m0/s1. The van der Waals surface area contributed by atoms with Crippen molar-refractivity contribution < 1.29 is 33.5 Å². The second kappa shape index (κ2) is 16.6. The predicted molar refractivity (Wildman–Crippen MR) is 161 cm³/mol. The Labute approximate surface area is 250 Å². The molecule has 3 amide bonds. The fourth-order valence-corrected chi connectivity index (χ4v) is 7.03. The van der Waals surface area contributed by atoms with Crippen molar-refractivity contribution in [2.45, 2.75) is 115 Å². The maximum atomic E-state index is 13.7. The summed E-state index contributed by atoms with van der Waals surface area (Å²) in [4.78, 5) is 50.6. The summed E-state index contributed by atoms with van der Waals surface area (Å²) in [5.74, 6) is -2.87. The highest BCUT2D eigenvalue weighted by molar-refractivity contribution is 7.53. The van der Waals surface area contributed by atoms with E-state index in [1.54, 1.807) is 0 Å². The van der Waals surface area contributed by atoms with Gasteiger partial charge in [-0.2, -0.15) is 0 Å². The highest BCUT2D eigenvalue weighted by Crippen LogP contribution is 2.48. The molecule has 2 aliphatic carbocycles. The van der Waals surface area contributed by atoms with Gasteiger partial charge in [0, 0.05) is 19.4 Å². The molecule has 10 nitrogen and oxygen atoms in total. The SMILES string of the molecule is COP(=O)(O)C(O)[C@H](CC1CCCCC1)NC(=O)[C@H](CC(C)C)NC(=O)[C@H](Cc1ccccc1)NC(=O)C1CCCC1. The van der Waals surface area contributed by atoms with Gasteiger partial charge in [0.1, 0.15) is 12.1 Å². The number of carbonyl (C=O) groups excluding carboxylic acids is 3. The Bertz CT molecular complexity index is 1060. The molecule has 1 aromatic rings. The van der Waals surface area contributed by atoms with Crippen LogP contribution >= 0.6 is 7.60 Å². The third kappa shape index (κ3) is 10.5. The lowest BCUT2D eigenvalue weighted by Gasteiger charge is -2.32. The topological polar surface area (TPSA) is 154 Å². The van der Waals surface area contributed by atoms with Gasteiger partial charge in [0.15, 0.2) is 5.85 Å². The Morgan fingerprint density at radius 2 is 1.50 bits per heavy atom. The third-order valence-corrected chi connectivity index (χ3v) is 10.1. The van der Waals surface area contributed by atoms with E-state index >= 15 is 0 Å². The van der Waals surface area contributed by atoms with Gasteiger partial charge < -0.3 is 30.5 Å². The van der Waals surface area contributed by atoms with Gasteiger partial charge in [-0.05, 0) is 43.1 Å². The average molecular weight is 608 g/mol. The van der Waals surface area contributed by atoms with Gasteiger partial charge in [-0.1, -0.05) is 89.1 Å². The molecule has 5 N–H and O–H groups in total. The van der Waals surface area contributed by atoms with E-state index in [0.29, 0.717) is 12.8 Å². The molecule has 0 bridgehead atoms. The summed E-state index contributed by atoms with van der Waals surface area (Å²) in [6.45, 7) is 3.86. The molecule has 0 radical (unpaired) electrons. The van der Waals surface area contributed by atoms with E-state index in [0.717, 1.165) is 70.5 Å². The van der Waals surface area contributed by atoms with E-state index in [1.165, 1.54) is 0 Å². The van der Waals surface area contributed by atoms with E-state index in [1.807, 2.05) is 44.2 Å². The molecule has 5 atom stereocenters. The molecular formula is C31H50N3O7P. The van der Waals surface area contributed by atoms with E-state index < -0.39 is 43.4 Å². The molecule has 3 rings (SSSR count). The second-order valence-electron chi connectivity index (χ2n) is 12.4. The molecule has 2 aliphatic rings. The zero-order valence-corrected chi connectivity index (χ0v) is 26.2. The molecule has 0 heterocycles. The second-order valence-corrected chi connectivity index (χ2v) is 14.5. The molecular weight excluding hydrogens is 557 g/mol. The summed E-state index contributed by atoms with van der Waals surface area (Å²) in [7, 11) is -3.35. The summed E-state index contributed by atoms with van der Waals surface area (Å²) >= 11 is 0. The first-order valence-electron chi connectivity index (χ1n) is 15.5. The van der Waals surface area contributed by atoms with Crippen LogP contribution in [0.3, 0.4) is 0 Å². The first kappa shape index (κ1) is 34.2. The van der Waals surface area contributed by atoms with E-state index in [-0.39, 0.29) is 30.1 Å². The Balaban J connectivity index is 1.78. The van der Waals surface area contributed by atoms with Crippen LogP contribution in [0.2, 0.25) is 0 Å². The van der Waals surface area contributed by atoms with E-state index in [4.69, 9.17) is 4.52 Å². The zero-order valence-electron chi connectivity index (χ0n) is 25.3. The summed E-state index contributed by atoms with van der Waals surface area (Å²) in [5.41, 5.74) is 0.878. The van der Waals surface area contributed by atoms with Gasteiger partial charge in [-0.3, -0.25) is 18.9 Å². The number of amides is 3. The van der Waals surface area contributed by atoms with E-state index in [9.17, 15) is 28.9 Å². The molecule has 236 valence electrons. The van der Waals surface area contributed by atoms with Crippen LogP contribution in [-0.2, 0) is 29.9 Å². The van der Waals surface area contributed by atoms with Crippen molar-refractivity contribution in [1.29, 1.82) is 0 Å². The van der Waals surface area contributed by atoms with Gasteiger partial charge in [0.2, 0.25) is 17.7 Å². The monoisotopic (exact) mass is 607 g/mol. The first-order valence-corrected chi connectivity index (χ1v) is 17.2. The third-order valence-electron chi connectivity index (χ3n) is 8.58. The number of hydrogen-bond acceptors (Lipinski definition) is 6. The Morgan fingerprint density at radius 1 is 0.905 bits per heavy atom. The molecule has 0 aromatic heterocycles. The summed E-state index contributed by atoms with van der Waals surface area (Å²) in [6, 6.07) is 6.53. The van der Waals surface area contributed by atoms with Gasteiger partial charge >= 0.3 is 7.60 Å². The minimum absolute atomic E-state index is 0.0336. The minimum Gasteiger partial charge on any atom is -0.379 e. The number of hydrogen-bond donors (Lipinski definition) is 5. The molecule has 11 heteroatoms. The number of aliphatic hydroxyl groups is 1. The van der Waals surface area contributed by atoms with Crippen molar-refractivity contribution >= 4 is 25.3 Å². The normalized spacial score (nSPS) is 20.7. The maximum Gasteiger partial charge on any atom is 0.358 e. The Hall–Kier alpha value is -2.26. The smallest absolute Gasteiger partial charge is 0.358 e. The van der Waals surface area contributed by atoms with Crippen molar-refractivity contribution in [3.8, 4) is 0 Å². The number of aliphatic hydroxyl groups excluding tert-OH is 1. The van der Waals surface area contributed by atoms with Gasteiger partial charge in [0.25, 0.3) is 0 Å². The van der Waals surface area contributed by atoms with Crippen LogP contribution in [0.5, 0.6) is 0 Å². The Kier molecular flexibility index (Phi) is 13.5. The molecule has 2 fully saturated rings. The summed E-state index contributed by atoms with van der Waals surface area (Å²) in [5, 5.41) is 19.4. The molecule has 42 heavy (non-hydrogen) atoms. The lowest BCUT2D eigenvalue weighted by atomic mass is 9.85. The first-order chi connectivity index (χ1) is 20.0. The number of nitrogens with one attached hydrogen (secondary N) is 3. The van der Waals surface area contributed by atoms with Crippen LogP contribution in [0, 0.1) is 17.8 Å². The predicted octanol–water partition coefficient (Wildman–Crippen LogP) is 4.04. The molecule has 2 saturated carbocycles. The fraction of sp³-hybridized carbons (Fsp3) is 0.710.